The molecule has 0 saturated carbocycles. The molecule has 0 spiro atoms. The van der Waals surface area contributed by atoms with Gasteiger partial charge in [-0.3, -0.25) is 40.4 Å². The second kappa shape index (κ2) is 38.8. The highest BCUT2D eigenvalue weighted by Gasteiger charge is 2.41. The zero-order chi connectivity index (χ0) is 85.1. The molecule has 0 unspecified atom stereocenters. The van der Waals surface area contributed by atoms with Crippen molar-refractivity contribution in [2.45, 2.75) is 64.2 Å². The quantitative estimate of drug-likeness (QED) is 0.0543. The van der Waals surface area contributed by atoms with Crippen LogP contribution in [0.1, 0.15) is 86.1 Å². The molecule has 2 aliphatic heterocycles. The van der Waals surface area contributed by atoms with Gasteiger partial charge in [-0.15, -0.1) is 0 Å². The van der Waals surface area contributed by atoms with E-state index in [1.54, 1.807) is 30.7 Å². The lowest BCUT2D eigenvalue weighted by Gasteiger charge is -2.42. The molecule has 0 amide bonds. The summed E-state index contributed by atoms with van der Waals surface area (Å²) in [5, 5.41) is 14.7. The smallest absolute Gasteiger partial charge is 0.205 e. The van der Waals surface area contributed by atoms with Crippen LogP contribution < -0.4 is 58.3 Å². The van der Waals surface area contributed by atoms with Crippen LogP contribution in [0.15, 0.2) is 392 Å². The zero-order valence-corrected chi connectivity index (χ0v) is 78.9. The van der Waals surface area contributed by atoms with Crippen molar-refractivity contribution in [3.8, 4) is 0 Å². The summed E-state index contributed by atoms with van der Waals surface area (Å²) in [4.78, 5) is 36.4. The first-order chi connectivity index (χ1) is 58.5. The number of aromatic nitrogens is 7. The average molecular weight is 2030 g/mol. The van der Waals surface area contributed by atoms with Crippen molar-refractivity contribution in [1.29, 1.82) is 0 Å². The second-order valence-corrected chi connectivity index (χ2v) is 42.9. The first-order valence-electron chi connectivity index (χ1n) is 38.7. The second-order valence-electron chi connectivity index (χ2n) is 30.1. The van der Waals surface area contributed by atoms with Crippen molar-refractivity contribution in [2.24, 2.45) is 0 Å². The summed E-state index contributed by atoms with van der Waals surface area (Å²) in [6, 6.07) is 108. The van der Waals surface area contributed by atoms with E-state index in [9.17, 15) is 4.57 Å². The molecule has 16 aromatic rings. The SMILES string of the molecule is Brc1ccc(Br)nc1.Brc1ccc(P(c2ccccc2)c2ccc(Br)cn2)nc1.CC1(C)c2ccccc2Cc2ccccc21.CC1(C)c2ccccc2N(c2ccc(P(=O)(c3ccccc3)c3ccc(N4c5ccccc5C(C)(C)c5ccccc54)cn3)nc2)c2ccccc21.O=P(c1ccccc1)(c1ccc(Br)cn1)c1ccc(Br)cn1.OO. The predicted molar refractivity (Wildman–Crippen MR) is 521 cm³/mol. The van der Waals surface area contributed by atoms with E-state index in [0.29, 0.717) is 27.0 Å². The van der Waals surface area contributed by atoms with Gasteiger partial charge in [0, 0.05) is 88.1 Å². The van der Waals surface area contributed by atoms with E-state index in [4.69, 9.17) is 20.5 Å². The molecule has 13 nitrogen and oxygen atoms in total. The maximum absolute atomic E-state index is 15.6. The van der Waals surface area contributed by atoms with Crippen LogP contribution in [0.3, 0.4) is 0 Å². The molecular formula is C99H82Br6N9O4P3. The van der Waals surface area contributed by atoms with E-state index in [0.717, 1.165) is 83.7 Å². The number of pyridine rings is 7. The number of nitrogens with zero attached hydrogens (tertiary/aromatic N) is 9. The van der Waals surface area contributed by atoms with Crippen LogP contribution >= 0.6 is 118 Å². The highest BCUT2D eigenvalue weighted by Crippen LogP contribution is 2.54. The number of hydrogen-bond acceptors (Lipinski definition) is 13. The Kier molecular flexibility index (Phi) is 28.1. The van der Waals surface area contributed by atoms with E-state index in [1.165, 1.54) is 49.8 Å². The molecule has 0 fully saturated rings. The first kappa shape index (κ1) is 87.7. The van der Waals surface area contributed by atoms with Crippen LogP contribution in [0.4, 0.5) is 34.1 Å². The Balaban J connectivity index is 0.000000142. The third kappa shape index (κ3) is 18.8. The van der Waals surface area contributed by atoms with Crippen molar-refractivity contribution in [3.05, 3.63) is 436 Å². The van der Waals surface area contributed by atoms with Crippen molar-refractivity contribution >= 4 is 200 Å². The van der Waals surface area contributed by atoms with E-state index < -0.39 is 22.2 Å². The van der Waals surface area contributed by atoms with E-state index in [2.05, 4.69) is 354 Å². The molecule has 0 saturated heterocycles. The van der Waals surface area contributed by atoms with Gasteiger partial charge in [-0.2, -0.15) is 0 Å². The molecule has 2 N–H and O–H groups in total. The number of para-hydroxylation sites is 4. The summed E-state index contributed by atoms with van der Waals surface area (Å²) in [5.74, 6) is 0. The van der Waals surface area contributed by atoms with Crippen molar-refractivity contribution in [1.82, 2.24) is 34.9 Å². The molecule has 19 rings (SSSR count). The van der Waals surface area contributed by atoms with Crippen LogP contribution in [0, 0.1) is 0 Å². The Morgan fingerprint density at radius 2 is 0.562 bits per heavy atom. The van der Waals surface area contributed by atoms with Gasteiger partial charge in [0.25, 0.3) is 0 Å². The summed E-state index contributed by atoms with van der Waals surface area (Å²) in [6.07, 6.45) is 13.5. The third-order valence-electron chi connectivity index (χ3n) is 21.6. The van der Waals surface area contributed by atoms with Crippen LogP contribution in [0.25, 0.3) is 0 Å². The third-order valence-corrected chi connectivity index (χ3v) is 32.3. The first-order valence-corrected chi connectivity index (χ1v) is 48.2. The summed E-state index contributed by atoms with van der Waals surface area (Å²) in [5.41, 5.74) is 21.2. The Labute approximate surface area is 758 Å². The van der Waals surface area contributed by atoms with Crippen LogP contribution in [-0.2, 0) is 31.8 Å². The van der Waals surface area contributed by atoms with Crippen LogP contribution in [0.5, 0.6) is 0 Å². The standard InChI is InChI=1S/C46H39N4OP.C16H11Br2N2OP.C16H11Br2N2P.C16H16.C5H3Br2N.H2O2/c1-45(2)35-18-8-12-22-39(35)49(40-23-13-9-19-36(40)45)32-26-28-43(47-30-32)52(51,34-16-6-5-7-17-34)44-29-27-33(31-48-44)50-41-24-14-10-20-37(41)46(3,4)38-21-11-15-25-42(38)50;17-12-6-8-15(19-10-12)22(21,14-4-2-1-3-5-14)16-9-7-13(18)11-20-16;17-12-6-8-15(19-10-12)21(14-4-2-1-3-5-14)16-9-7-13(18)11-20-16;1-16(2)14-9-5-3-7-12(14)11-13-8-4-6-10-15(13)16;6-4-1-2-5(7)8-3-4;1-2/h5-31H,1-4H3;1-11H;1-11H;3-10H,11H2,1-2H3;1-3H;1-2H. The highest BCUT2D eigenvalue weighted by atomic mass is 79.9. The largest absolute Gasteiger partial charge is 0.308 e. The number of benzene rings is 9. The van der Waals surface area contributed by atoms with Crippen molar-refractivity contribution in [2.75, 3.05) is 9.80 Å². The van der Waals surface area contributed by atoms with Crippen LogP contribution in [-0.4, -0.2) is 45.4 Å². The van der Waals surface area contributed by atoms with E-state index >= 15 is 4.57 Å². The molecule has 22 heteroatoms. The lowest BCUT2D eigenvalue weighted by molar-refractivity contribution is -0.176. The molecular weight excluding hydrogens is 1950 g/mol. The van der Waals surface area contributed by atoms with Gasteiger partial charge < -0.3 is 18.9 Å². The molecule has 0 atom stereocenters. The molecule has 0 bridgehead atoms. The average Bonchev–Trinajstić information content (AvgIpc) is 0.742. The molecule has 9 heterocycles. The normalized spacial score (nSPS) is 13.3. The molecule has 3 aliphatic rings. The summed E-state index contributed by atoms with van der Waals surface area (Å²) >= 11 is 20.1. The van der Waals surface area contributed by atoms with E-state index in [-0.39, 0.29) is 16.2 Å². The predicted octanol–water partition coefficient (Wildman–Crippen LogP) is 24.3. The Bertz CT molecular complexity index is 5920. The highest BCUT2D eigenvalue weighted by molar-refractivity contribution is 9.11. The lowest BCUT2D eigenvalue weighted by Crippen LogP contribution is -2.32. The fraction of sp³-hybridized carbons (Fsp3) is 0.101. The minimum atomic E-state index is -3.46. The fourth-order valence-electron chi connectivity index (χ4n) is 15.7. The summed E-state index contributed by atoms with van der Waals surface area (Å²) in [6.45, 7) is 13.8. The Morgan fingerprint density at radius 3 is 0.860 bits per heavy atom. The summed E-state index contributed by atoms with van der Waals surface area (Å²) in [7, 11) is -7.28. The maximum atomic E-state index is 15.6. The molecule has 7 aromatic heterocycles. The van der Waals surface area contributed by atoms with E-state index in [1.807, 2.05) is 152 Å². The Morgan fingerprint density at radius 1 is 0.289 bits per heavy atom. The summed E-state index contributed by atoms with van der Waals surface area (Å²) < 4.78 is 35.0. The fourth-order valence-corrected chi connectivity index (χ4v) is 23.8. The maximum Gasteiger partial charge on any atom is 0.205 e. The molecule has 9 aromatic carbocycles. The minimum absolute atomic E-state index is 0.144. The molecule has 121 heavy (non-hydrogen) atoms. The number of rotatable bonds is 11. The van der Waals surface area contributed by atoms with Gasteiger partial charge in [-0.25, -0.2) is 4.98 Å². The van der Waals surface area contributed by atoms with Gasteiger partial charge in [0.1, 0.15) is 26.3 Å². The van der Waals surface area contributed by atoms with Gasteiger partial charge in [0.05, 0.1) is 57.4 Å². The van der Waals surface area contributed by atoms with Crippen molar-refractivity contribution < 1.29 is 19.6 Å². The number of halogens is 6. The molecule has 0 radical (unpaired) electrons. The number of fused-ring (bicyclic) bond motifs is 6. The molecule has 1 aliphatic carbocycles. The topological polar surface area (TPSA) is 171 Å². The zero-order valence-electron chi connectivity index (χ0n) is 66.7. The molecule has 604 valence electrons. The van der Waals surface area contributed by atoms with Crippen molar-refractivity contribution in [3.63, 3.8) is 0 Å². The lowest BCUT2D eigenvalue weighted by atomic mass is 9.69. The van der Waals surface area contributed by atoms with Crippen LogP contribution in [0.2, 0.25) is 0 Å². The number of hydrogen-bond donors (Lipinski definition) is 2. The van der Waals surface area contributed by atoms with Gasteiger partial charge in [-0.05, 0) is 261 Å². The minimum Gasteiger partial charge on any atom is -0.308 e. The van der Waals surface area contributed by atoms with Gasteiger partial charge in [-0.1, -0.05) is 254 Å². The van der Waals surface area contributed by atoms with Gasteiger partial charge in [0.15, 0.2) is 0 Å². The van der Waals surface area contributed by atoms with Gasteiger partial charge >= 0.3 is 0 Å². The monoisotopic (exact) mass is 2030 g/mol. The van der Waals surface area contributed by atoms with Gasteiger partial charge in [0.2, 0.25) is 14.3 Å². The Hall–Kier alpha value is -9.68. The number of anilines is 6.